The van der Waals surface area contributed by atoms with Gasteiger partial charge in [0.2, 0.25) is 0 Å². The van der Waals surface area contributed by atoms with Gasteiger partial charge < -0.3 is 15.8 Å². The fourth-order valence-corrected chi connectivity index (χ4v) is 1.90. The van der Waals surface area contributed by atoms with Crippen molar-refractivity contribution in [2.45, 2.75) is 0 Å². The zero-order valence-electron chi connectivity index (χ0n) is 12.7. The van der Waals surface area contributed by atoms with Crippen LogP contribution < -0.4 is 17.4 Å². The minimum Gasteiger partial charge on any atom is -0.508 e. The minimum atomic E-state index is -0.360. The highest BCUT2D eigenvalue weighted by molar-refractivity contribution is 5.69. The van der Waals surface area contributed by atoms with Crippen molar-refractivity contribution in [2.75, 3.05) is 0 Å². The van der Waals surface area contributed by atoms with Gasteiger partial charge in [-0.1, -0.05) is 18.2 Å². The van der Waals surface area contributed by atoms with E-state index in [4.69, 9.17) is 5.11 Å². The van der Waals surface area contributed by atoms with Crippen LogP contribution in [0.15, 0.2) is 46.2 Å². The van der Waals surface area contributed by atoms with Crippen molar-refractivity contribution in [3.63, 3.8) is 0 Å². The largest absolute Gasteiger partial charge is 0.508 e. The maximum Gasteiger partial charge on any atom is 0.332 e. The van der Waals surface area contributed by atoms with Gasteiger partial charge in [0.25, 0.3) is 5.56 Å². The molecule has 0 aliphatic carbocycles. The summed E-state index contributed by atoms with van der Waals surface area (Å²) in [6.07, 6.45) is 1.52. The Bertz CT molecular complexity index is 877. The number of hydrogen-bond donors (Lipinski definition) is 2. The Morgan fingerprint density at radius 2 is 1.59 bits per heavy atom. The number of phenols is 1. The second-order valence-corrected chi connectivity index (χ2v) is 4.57. The SMILES string of the molecule is Cn1c(=O)c2c(ncn2C)n(C)c1=O.N.Oc1ccccc1. The second kappa shape index (κ2) is 6.72. The summed E-state index contributed by atoms with van der Waals surface area (Å²) < 4.78 is 4.04. The van der Waals surface area contributed by atoms with E-state index in [-0.39, 0.29) is 17.4 Å². The Kier molecular flexibility index (Phi) is 5.25. The van der Waals surface area contributed by atoms with E-state index in [1.807, 2.05) is 6.07 Å². The number of aromatic nitrogens is 4. The third-order valence-electron chi connectivity index (χ3n) is 3.07. The van der Waals surface area contributed by atoms with Crippen molar-refractivity contribution >= 4 is 11.2 Å². The van der Waals surface area contributed by atoms with Gasteiger partial charge in [-0.2, -0.15) is 0 Å². The van der Waals surface area contributed by atoms with Gasteiger partial charge in [-0.15, -0.1) is 0 Å². The van der Waals surface area contributed by atoms with Gasteiger partial charge in [0.15, 0.2) is 11.2 Å². The van der Waals surface area contributed by atoms with E-state index in [9.17, 15) is 9.59 Å². The summed E-state index contributed by atoms with van der Waals surface area (Å²) in [5, 5.41) is 8.63. The third-order valence-corrected chi connectivity index (χ3v) is 3.07. The van der Waals surface area contributed by atoms with E-state index < -0.39 is 0 Å². The Hall–Kier alpha value is -2.87. The summed E-state index contributed by atoms with van der Waals surface area (Å²) >= 11 is 0. The number of phenolic OH excluding ortho intramolecular Hbond substituents is 1. The normalized spacial score (nSPS) is 9.77. The van der Waals surface area contributed by atoms with Crippen molar-refractivity contribution in [2.24, 2.45) is 21.1 Å². The number of nitrogens with zero attached hydrogens (tertiary/aromatic N) is 4. The molecule has 0 spiro atoms. The number of para-hydroxylation sites is 1. The Morgan fingerprint density at radius 1 is 1.00 bits per heavy atom. The zero-order chi connectivity index (χ0) is 15.6. The van der Waals surface area contributed by atoms with E-state index >= 15 is 0 Å². The summed E-state index contributed by atoms with van der Waals surface area (Å²) in [5.41, 5.74) is 0.180. The number of benzene rings is 1. The average Bonchev–Trinajstić information content (AvgIpc) is 2.86. The molecule has 0 fully saturated rings. The molecule has 3 aromatic rings. The summed E-state index contributed by atoms with van der Waals surface area (Å²) in [4.78, 5) is 27.2. The quantitative estimate of drug-likeness (QED) is 0.628. The molecule has 0 atom stereocenters. The van der Waals surface area contributed by atoms with Crippen LogP contribution in [0.4, 0.5) is 0 Å². The first-order valence-electron chi connectivity index (χ1n) is 6.24. The van der Waals surface area contributed by atoms with Crippen LogP contribution in [0.5, 0.6) is 5.75 Å². The number of aryl methyl sites for hydroxylation is 2. The zero-order valence-corrected chi connectivity index (χ0v) is 12.7. The molecule has 0 amide bonds. The Balaban J connectivity index is 0.000000258. The van der Waals surface area contributed by atoms with Crippen molar-refractivity contribution in [3.8, 4) is 5.75 Å². The maximum atomic E-state index is 11.7. The van der Waals surface area contributed by atoms with Gasteiger partial charge in [0.05, 0.1) is 6.33 Å². The monoisotopic (exact) mass is 305 g/mol. The molecule has 118 valence electrons. The topological polar surface area (TPSA) is 117 Å². The molecule has 0 aliphatic heterocycles. The number of fused-ring (bicyclic) bond motifs is 1. The predicted octanol–water partition coefficient (Wildman–Crippen LogP) is 0.525. The van der Waals surface area contributed by atoms with E-state index in [1.54, 1.807) is 42.9 Å². The lowest BCUT2D eigenvalue weighted by atomic mass is 10.3. The second-order valence-electron chi connectivity index (χ2n) is 4.57. The fourth-order valence-electron chi connectivity index (χ4n) is 1.90. The molecule has 0 radical (unpaired) electrons. The van der Waals surface area contributed by atoms with Crippen LogP contribution in [0.2, 0.25) is 0 Å². The van der Waals surface area contributed by atoms with Crippen molar-refractivity contribution in [1.82, 2.24) is 24.8 Å². The van der Waals surface area contributed by atoms with Gasteiger partial charge in [0, 0.05) is 21.1 Å². The molecule has 0 saturated heterocycles. The van der Waals surface area contributed by atoms with Crippen molar-refractivity contribution < 1.29 is 5.11 Å². The van der Waals surface area contributed by atoms with Crippen LogP contribution in [-0.2, 0) is 21.1 Å². The lowest BCUT2D eigenvalue weighted by Gasteiger charge is -2.02. The summed E-state index contributed by atoms with van der Waals surface area (Å²) in [7, 11) is 4.77. The molecule has 8 heteroatoms. The van der Waals surface area contributed by atoms with E-state index in [0.29, 0.717) is 16.9 Å². The number of rotatable bonds is 0. The van der Waals surface area contributed by atoms with Crippen LogP contribution in [-0.4, -0.2) is 23.8 Å². The van der Waals surface area contributed by atoms with E-state index in [1.165, 1.54) is 17.9 Å². The van der Waals surface area contributed by atoms with Crippen LogP contribution in [0.1, 0.15) is 0 Å². The Labute approximate surface area is 126 Å². The van der Waals surface area contributed by atoms with Crippen LogP contribution in [0.25, 0.3) is 11.2 Å². The maximum absolute atomic E-state index is 11.7. The van der Waals surface area contributed by atoms with E-state index in [0.717, 1.165) is 4.57 Å². The first-order chi connectivity index (χ1) is 9.93. The molecule has 22 heavy (non-hydrogen) atoms. The molecule has 0 bridgehead atoms. The predicted molar refractivity (Wildman–Crippen MR) is 84.3 cm³/mol. The van der Waals surface area contributed by atoms with Crippen LogP contribution in [0.3, 0.4) is 0 Å². The number of imidazole rings is 1. The Morgan fingerprint density at radius 3 is 2.09 bits per heavy atom. The standard InChI is InChI=1S/C8H10N4O2.C6H6O.H3N/c1-10-4-9-6-5(10)7(13)12(3)8(14)11(6)2;7-6-4-2-1-3-5-6;/h4H,1-3H3;1-5,7H;1H3. The van der Waals surface area contributed by atoms with Gasteiger partial charge >= 0.3 is 5.69 Å². The van der Waals surface area contributed by atoms with Crippen LogP contribution in [0, 0.1) is 0 Å². The molecular formula is C14H19N5O3. The molecule has 1 aromatic carbocycles. The highest BCUT2D eigenvalue weighted by atomic mass is 16.3. The molecule has 0 saturated carbocycles. The van der Waals surface area contributed by atoms with Crippen molar-refractivity contribution in [3.05, 3.63) is 57.5 Å². The van der Waals surface area contributed by atoms with E-state index in [2.05, 4.69) is 4.98 Å². The number of aromatic hydroxyl groups is 1. The van der Waals surface area contributed by atoms with Gasteiger partial charge in [0.1, 0.15) is 5.75 Å². The molecule has 2 aromatic heterocycles. The van der Waals surface area contributed by atoms with Crippen molar-refractivity contribution in [1.29, 1.82) is 0 Å². The first-order valence-corrected chi connectivity index (χ1v) is 6.24. The third kappa shape index (κ3) is 3.07. The molecular weight excluding hydrogens is 286 g/mol. The van der Waals surface area contributed by atoms with Gasteiger partial charge in [-0.05, 0) is 12.1 Å². The lowest BCUT2D eigenvalue weighted by Crippen LogP contribution is -2.37. The molecule has 4 N–H and O–H groups in total. The lowest BCUT2D eigenvalue weighted by molar-refractivity contribution is 0.475. The summed E-state index contributed by atoms with van der Waals surface area (Å²) in [6.45, 7) is 0. The fraction of sp³-hybridized carbons (Fsp3) is 0.214. The highest BCUT2D eigenvalue weighted by Gasteiger charge is 2.11. The molecule has 8 nitrogen and oxygen atoms in total. The van der Waals surface area contributed by atoms with Gasteiger partial charge in [-0.3, -0.25) is 13.9 Å². The van der Waals surface area contributed by atoms with Gasteiger partial charge in [-0.25, -0.2) is 9.78 Å². The number of hydrogen-bond acceptors (Lipinski definition) is 5. The molecule has 0 unspecified atom stereocenters. The molecule has 2 heterocycles. The first kappa shape index (κ1) is 17.2. The average molecular weight is 305 g/mol. The summed E-state index contributed by atoms with van der Waals surface area (Å²) in [6, 6.07) is 8.71. The summed E-state index contributed by atoms with van der Waals surface area (Å²) in [5.74, 6) is 0.322. The highest BCUT2D eigenvalue weighted by Crippen LogP contribution is 2.03. The minimum absolute atomic E-state index is 0. The smallest absolute Gasteiger partial charge is 0.332 e. The molecule has 3 rings (SSSR count). The molecule has 0 aliphatic rings. The van der Waals surface area contributed by atoms with Crippen LogP contribution >= 0.6 is 0 Å².